The number of para-hydroxylation sites is 1. The second kappa shape index (κ2) is 10.8. The number of hydrogen-bond acceptors (Lipinski definition) is 4. The highest BCUT2D eigenvalue weighted by molar-refractivity contribution is 6.31. The summed E-state index contributed by atoms with van der Waals surface area (Å²) >= 11 is 5.85. The van der Waals surface area contributed by atoms with Crippen molar-refractivity contribution < 1.29 is 18.8 Å². The molecule has 38 heavy (non-hydrogen) atoms. The highest BCUT2D eigenvalue weighted by Gasteiger charge is 2.54. The Labute approximate surface area is 227 Å². The van der Waals surface area contributed by atoms with Gasteiger partial charge in [0.25, 0.3) is 5.91 Å². The fourth-order valence-electron chi connectivity index (χ4n) is 5.70. The van der Waals surface area contributed by atoms with E-state index in [4.69, 9.17) is 11.6 Å². The van der Waals surface area contributed by atoms with E-state index in [2.05, 4.69) is 17.1 Å². The summed E-state index contributed by atoms with van der Waals surface area (Å²) in [6.45, 7) is 4.79. The number of carbonyl (C=O) groups is 3. The van der Waals surface area contributed by atoms with Gasteiger partial charge in [-0.3, -0.25) is 9.59 Å². The van der Waals surface area contributed by atoms with Crippen LogP contribution in [0.15, 0.2) is 48.5 Å². The molecule has 1 N–H and O–H groups in total. The monoisotopic (exact) mass is 541 g/mol. The van der Waals surface area contributed by atoms with E-state index >= 15 is 0 Å². The number of anilines is 2. The quantitative estimate of drug-likeness (QED) is 0.622. The minimum atomic E-state index is -0.825. The standard InChI is InChI=1S/C28H33ClFN5O3/c1-20-9-13-32(14-10-20)25(36)18-34-19-35(22-5-3-2-4-6-22)28(26(34)37)11-15-33(16-12-28)27(38)31-21-7-8-24(30)23(29)17-21/h2-8,17,20H,9-16,18-19H2,1H3,(H,31,38). The first-order chi connectivity index (χ1) is 18.3. The van der Waals surface area contributed by atoms with Gasteiger partial charge in [0.05, 0.1) is 11.7 Å². The smallest absolute Gasteiger partial charge is 0.321 e. The summed E-state index contributed by atoms with van der Waals surface area (Å²) in [7, 11) is 0. The molecule has 0 radical (unpaired) electrons. The van der Waals surface area contributed by atoms with Crippen molar-refractivity contribution in [3.8, 4) is 0 Å². The third kappa shape index (κ3) is 5.16. The van der Waals surface area contributed by atoms with Crippen molar-refractivity contribution >= 4 is 40.8 Å². The molecule has 3 saturated heterocycles. The van der Waals surface area contributed by atoms with E-state index in [0.717, 1.165) is 31.6 Å². The zero-order chi connectivity index (χ0) is 26.9. The molecule has 10 heteroatoms. The molecule has 0 aromatic heterocycles. The second-order valence-corrected chi connectivity index (χ2v) is 11.0. The molecule has 3 aliphatic rings. The van der Waals surface area contributed by atoms with Crippen molar-refractivity contribution in [1.82, 2.24) is 14.7 Å². The molecule has 0 bridgehead atoms. The number of likely N-dealkylation sites (tertiary alicyclic amines) is 2. The molecule has 4 amide bonds. The molecule has 8 nitrogen and oxygen atoms in total. The van der Waals surface area contributed by atoms with Crippen LogP contribution in [0.1, 0.15) is 32.6 Å². The molecule has 2 aromatic carbocycles. The van der Waals surface area contributed by atoms with Gasteiger partial charge in [-0.2, -0.15) is 0 Å². The minimum Gasteiger partial charge on any atom is -0.341 e. The van der Waals surface area contributed by atoms with Crippen molar-refractivity contribution in [3.63, 3.8) is 0 Å². The molecular weight excluding hydrogens is 509 g/mol. The largest absolute Gasteiger partial charge is 0.341 e. The highest BCUT2D eigenvalue weighted by Crippen LogP contribution is 2.39. The first-order valence-corrected chi connectivity index (χ1v) is 13.6. The lowest BCUT2D eigenvalue weighted by Gasteiger charge is -2.43. The van der Waals surface area contributed by atoms with E-state index in [9.17, 15) is 18.8 Å². The van der Waals surface area contributed by atoms with Gasteiger partial charge in [0, 0.05) is 37.6 Å². The maximum absolute atomic E-state index is 13.9. The summed E-state index contributed by atoms with van der Waals surface area (Å²) in [6, 6.07) is 13.5. The molecule has 0 aliphatic carbocycles. The Morgan fingerprint density at radius 3 is 2.37 bits per heavy atom. The van der Waals surface area contributed by atoms with Crippen molar-refractivity contribution in [2.75, 3.05) is 49.6 Å². The van der Waals surface area contributed by atoms with Crippen LogP contribution in [0.2, 0.25) is 5.02 Å². The van der Waals surface area contributed by atoms with Crippen LogP contribution in [0, 0.1) is 11.7 Å². The maximum atomic E-state index is 13.9. The number of halogens is 2. The highest BCUT2D eigenvalue weighted by atomic mass is 35.5. The predicted molar refractivity (Wildman–Crippen MR) is 144 cm³/mol. The van der Waals surface area contributed by atoms with Crippen LogP contribution in [0.4, 0.5) is 20.6 Å². The van der Waals surface area contributed by atoms with Crippen LogP contribution in [0.5, 0.6) is 0 Å². The average Bonchev–Trinajstić information content (AvgIpc) is 3.18. The van der Waals surface area contributed by atoms with Gasteiger partial charge in [0.2, 0.25) is 5.91 Å². The molecular formula is C28H33ClFN5O3. The number of piperidine rings is 2. The van der Waals surface area contributed by atoms with E-state index in [0.29, 0.717) is 44.2 Å². The molecule has 202 valence electrons. The van der Waals surface area contributed by atoms with Gasteiger partial charge in [0.1, 0.15) is 17.9 Å². The zero-order valence-corrected chi connectivity index (χ0v) is 22.3. The number of rotatable bonds is 4. The van der Waals surface area contributed by atoms with Crippen LogP contribution >= 0.6 is 11.6 Å². The molecule has 1 spiro atoms. The lowest BCUT2D eigenvalue weighted by atomic mass is 9.85. The molecule has 2 aromatic rings. The Bertz CT molecular complexity index is 1200. The topological polar surface area (TPSA) is 76.2 Å². The van der Waals surface area contributed by atoms with Gasteiger partial charge in [0.15, 0.2) is 0 Å². The number of amides is 4. The van der Waals surface area contributed by atoms with Crippen molar-refractivity contribution in [2.45, 2.75) is 38.1 Å². The Balaban J connectivity index is 1.29. The summed E-state index contributed by atoms with van der Waals surface area (Å²) in [4.78, 5) is 47.2. The Hall–Kier alpha value is -3.33. The van der Waals surface area contributed by atoms with Crippen molar-refractivity contribution in [2.24, 2.45) is 5.92 Å². The first kappa shape index (κ1) is 26.3. The first-order valence-electron chi connectivity index (χ1n) is 13.2. The lowest BCUT2D eigenvalue weighted by molar-refractivity contribution is -0.141. The van der Waals surface area contributed by atoms with Crippen LogP contribution in [0.3, 0.4) is 0 Å². The molecule has 3 fully saturated rings. The maximum Gasteiger partial charge on any atom is 0.321 e. The Morgan fingerprint density at radius 1 is 1.03 bits per heavy atom. The number of benzene rings is 2. The fraction of sp³-hybridized carbons (Fsp3) is 0.464. The van der Waals surface area contributed by atoms with Crippen LogP contribution in [0.25, 0.3) is 0 Å². The molecule has 0 atom stereocenters. The van der Waals surface area contributed by atoms with E-state index < -0.39 is 11.4 Å². The molecule has 3 aliphatic heterocycles. The number of urea groups is 1. The number of nitrogens with one attached hydrogen (secondary N) is 1. The van der Waals surface area contributed by atoms with Gasteiger partial charge in [-0.05, 0) is 61.9 Å². The van der Waals surface area contributed by atoms with Gasteiger partial charge in [-0.1, -0.05) is 36.7 Å². The van der Waals surface area contributed by atoms with Gasteiger partial charge >= 0.3 is 6.03 Å². The van der Waals surface area contributed by atoms with E-state index in [1.807, 2.05) is 35.2 Å². The van der Waals surface area contributed by atoms with Crippen LogP contribution in [-0.4, -0.2) is 77.5 Å². The Kier molecular flexibility index (Phi) is 7.47. The Morgan fingerprint density at radius 2 is 1.71 bits per heavy atom. The summed E-state index contributed by atoms with van der Waals surface area (Å²) in [5, 5.41) is 2.70. The minimum absolute atomic E-state index is 0.00918. The molecule has 3 heterocycles. The number of hydrogen-bond donors (Lipinski definition) is 1. The van der Waals surface area contributed by atoms with Gasteiger partial charge in [-0.25, -0.2) is 9.18 Å². The third-order valence-electron chi connectivity index (χ3n) is 8.09. The number of nitrogens with zero attached hydrogens (tertiary/aromatic N) is 4. The average molecular weight is 542 g/mol. The van der Waals surface area contributed by atoms with Gasteiger partial charge < -0.3 is 24.9 Å². The number of carbonyl (C=O) groups excluding carboxylic acids is 3. The van der Waals surface area contributed by atoms with E-state index in [1.165, 1.54) is 18.2 Å². The summed E-state index contributed by atoms with van der Waals surface area (Å²) in [6.07, 6.45) is 2.85. The molecule has 0 unspecified atom stereocenters. The fourth-order valence-corrected chi connectivity index (χ4v) is 5.88. The SMILES string of the molecule is CC1CCN(C(=O)CN2CN(c3ccccc3)C3(CCN(C(=O)Nc4ccc(F)c(Cl)c4)CC3)C2=O)CC1. The predicted octanol–water partition coefficient (Wildman–Crippen LogP) is 4.41. The van der Waals surface area contributed by atoms with E-state index in [1.54, 1.807) is 9.80 Å². The van der Waals surface area contributed by atoms with Crippen molar-refractivity contribution in [1.29, 1.82) is 0 Å². The zero-order valence-electron chi connectivity index (χ0n) is 21.5. The second-order valence-electron chi connectivity index (χ2n) is 10.5. The lowest BCUT2D eigenvalue weighted by Crippen LogP contribution is -2.58. The summed E-state index contributed by atoms with van der Waals surface area (Å²) < 4.78 is 13.5. The third-order valence-corrected chi connectivity index (χ3v) is 8.38. The summed E-state index contributed by atoms with van der Waals surface area (Å²) in [5.74, 6) is -0.00881. The van der Waals surface area contributed by atoms with Crippen molar-refractivity contribution in [3.05, 3.63) is 59.4 Å². The summed E-state index contributed by atoms with van der Waals surface area (Å²) in [5.41, 5.74) is 0.497. The van der Waals surface area contributed by atoms with Gasteiger partial charge in [-0.15, -0.1) is 0 Å². The van der Waals surface area contributed by atoms with Crippen LogP contribution < -0.4 is 10.2 Å². The molecule has 0 saturated carbocycles. The molecule has 5 rings (SSSR count). The van der Waals surface area contributed by atoms with Crippen LogP contribution in [-0.2, 0) is 9.59 Å². The normalized spacial score (nSPS) is 19.8. The van der Waals surface area contributed by atoms with E-state index in [-0.39, 0.29) is 29.4 Å².